The van der Waals surface area contributed by atoms with Crippen molar-refractivity contribution >= 4 is 29.1 Å². The minimum atomic E-state index is -0.610. The number of alkyl halides is 1. The number of morpholine rings is 1. The minimum absolute atomic E-state index is 0.0885. The normalized spacial score (nSPS) is 19.9. The second-order valence-electron chi connectivity index (χ2n) is 3.99. The van der Waals surface area contributed by atoms with Crippen molar-refractivity contribution in [2.75, 3.05) is 25.6 Å². The van der Waals surface area contributed by atoms with Gasteiger partial charge in [0.1, 0.15) is 5.82 Å². The Kier molecular flexibility index (Phi) is 4.43. The highest BCUT2D eigenvalue weighted by molar-refractivity contribution is 6.33. The molecule has 1 aromatic rings. The van der Waals surface area contributed by atoms with Gasteiger partial charge >= 0.3 is 0 Å². The molecular formula is C12H12Cl2FNO2. The monoisotopic (exact) mass is 291 g/mol. The van der Waals surface area contributed by atoms with Crippen molar-refractivity contribution in [2.24, 2.45) is 0 Å². The Morgan fingerprint density at radius 2 is 2.33 bits per heavy atom. The maximum absolute atomic E-state index is 13.6. The summed E-state index contributed by atoms with van der Waals surface area (Å²) in [6.45, 7) is 1.17. The fourth-order valence-corrected chi connectivity index (χ4v) is 2.29. The number of carbonyl (C=O) groups excluding carboxylic acids is 1. The van der Waals surface area contributed by atoms with Gasteiger partial charge in [0.2, 0.25) is 0 Å². The minimum Gasteiger partial charge on any atom is -0.373 e. The second kappa shape index (κ2) is 5.87. The number of halogens is 3. The molecule has 1 saturated heterocycles. The molecule has 1 aromatic carbocycles. The molecule has 1 aliphatic heterocycles. The van der Waals surface area contributed by atoms with Crippen LogP contribution in [0.25, 0.3) is 0 Å². The Morgan fingerprint density at radius 3 is 3.00 bits per heavy atom. The topological polar surface area (TPSA) is 29.5 Å². The molecule has 0 radical (unpaired) electrons. The van der Waals surface area contributed by atoms with Gasteiger partial charge in [0.25, 0.3) is 5.91 Å². The summed E-state index contributed by atoms with van der Waals surface area (Å²) in [6.07, 6.45) is -0.213. The number of hydrogen-bond acceptors (Lipinski definition) is 2. The van der Waals surface area contributed by atoms with E-state index in [-0.39, 0.29) is 16.7 Å². The predicted octanol–water partition coefficient (Wildman–Crippen LogP) is 2.56. The largest absolute Gasteiger partial charge is 0.373 e. The summed E-state index contributed by atoms with van der Waals surface area (Å²) in [5.41, 5.74) is -0.0885. The summed E-state index contributed by atoms with van der Waals surface area (Å²) in [6, 6.07) is 4.19. The van der Waals surface area contributed by atoms with Gasteiger partial charge in [-0.15, -0.1) is 11.6 Å². The van der Waals surface area contributed by atoms with E-state index >= 15 is 0 Å². The average molecular weight is 292 g/mol. The highest BCUT2D eigenvalue weighted by atomic mass is 35.5. The van der Waals surface area contributed by atoms with E-state index < -0.39 is 11.7 Å². The lowest BCUT2D eigenvalue weighted by Gasteiger charge is -2.32. The molecule has 0 aromatic heterocycles. The van der Waals surface area contributed by atoms with E-state index in [2.05, 4.69) is 0 Å². The third kappa shape index (κ3) is 2.76. The van der Waals surface area contributed by atoms with Gasteiger partial charge in [-0.1, -0.05) is 17.7 Å². The van der Waals surface area contributed by atoms with Crippen LogP contribution in [0.15, 0.2) is 18.2 Å². The predicted molar refractivity (Wildman–Crippen MR) is 67.8 cm³/mol. The summed E-state index contributed by atoms with van der Waals surface area (Å²) in [4.78, 5) is 13.7. The standard InChI is InChI=1S/C12H12Cl2FNO2/c13-6-8-7-16(4-5-18-8)12(17)11-9(14)2-1-3-10(11)15/h1-3,8H,4-7H2. The van der Waals surface area contributed by atoms with E-state index in [9.17, 15) is 9.18 Å². The summed E-state index contributed by atoms with van der Waals surface area (Å²) >= 11 is 11.6. The van der Waals surface area contributed by atoms with Gasteiger partial charge in [-0.05, 0) is 12.1 Å². The van der Waals surface area contributed by atoms with Crippen molar-refractivity contribution in [3.8, 4) is 0 Å². The number of hydrogen-bond donors (Lipinski definition) is 0. The van der Waals surface area contributed by atoms with Crippen LogP contribution in [-0.4, -0.2) is 42.5 Å². The van der Waals surface area contributed by atoms with Crippen LogP contribution in [0.1, 0.15) is 10.4 Å². The third-order valence-corrected chi connectivity index (χ3v) is 3.43. The molecule has 98 valence electrons. The maximum atomic E-state index is 13.6. The Labute approximate surface area is 114 Å². The first-order chi connectivity index (χ1) is 8.63. The van der Waals surface area contributed by atoms with Gasteiger partial charge in [0, 0.05) is 13.1 Å². The Bertz CT molecular complexity index is 435. The maximum Gasteiger partial charge on any atom is 0.258 e. The molecule has 2 rings (SSSR count). The number of benzene rings is 1. The van der Waals surface area contributed by atoms with Crippen molar-refractivity contribution in [3.63, 3.8) is 0 Å². The lowest BCUT2D eigenvalue weighted by Crippen LogP contribution is -2.46. The van der Waals surface area contributed by atoms with Crippen molar-refractivity contribution in [3.05, 3.63) is 34.6 Å². The Balaban J connectivity index is 2.20. The van der Waals surface area contributed by atoms with Crippen molar-refractivity contribution in [1.82, 2.24) is 4.90 Å². The van der Waals surface area contributed by atoms with Crippen LogP contribution < -0.4 is 0 Å². The SMILES string of the molecule is O=C(c1c(F)cccc1Cl)N1CCOC(CCl)C1. The number of amides is 1. The van der Waals surface area contributed by atoms with Gasteiger partial charge in [-0.3, -0.25) is 4.79 Å². The molecule has 1 heterocycles. The van der Waals surface area contributed by atoms with Gasteiger partial charge in [-0.25, -0.2) is 4.39 Å². The average Bonchev–Trinajstić information content (AvgIpc) is 2.38. The molecule has 1 amide bonds. The van der Waals surface area contributed by atoms with Crippen LogP contribution in [0.5, 0.6) is 0 Å². The first-order valence-electron chi connectivity index (χ1n) is 5.54. The van der Waals surface area contributed by atoms with Crippen LogP contribution in [0.2, 0.25) is 5.02 Å². The number of rotatable bonds is 2. The Morgan fingerprint density at radius 1 is 1.56 bits per heavy atom. The summed E-state index contributed by atoms with van der Waals surface area (Å²) in [5.74, 6) is -0.729. The van der Waals surface area contributed by atoms with Gasteiger partial charge in [-0.2, -0.15) is 0 Å². The molecule has 0 aliphatic carbocycles. The highest BCUT2D eigenvalue weighted by Crippen LogP contribution is 2.22. The molecule has 6 heteroatoms. The molecule has 1 atom stereocenters. The van der Waals surface area contributed by atoms with Crippen LogP contribution in [0, 0.1) is 5.82 Å². The summed E-state index contributed by atoms with van der Waals surface area (Å²) < 4.78 is 19.0. The van der Waals surface area contributed by atoms with Crippen LogP contribution in [0.3, 0.4) is 0 Å². The lowest BCUT2D eigenvalue weighted by atomic mass is 10.1. The first kappa shape index (κ1) is 13.6. The number of nitrogens with zero attached hydrogens (tertiary/aromatic N) is 1. The molecule has 0 bridgehead atoms. The van der Waals surface area contributed by atoms with Crippen LogP contribution in [-0.2, 0) is 4.74 Å². The molecular weight excluding hydrogens is 280 g/mol. The van der Waals surface area contributed by atoms with E-state index in [4.69, 9.17) is 27.9 Å². The van der Waals surface area contributed by atoms with E-state index in [0.29, 0.717) is 25.6 Å². The fourth-order valence-electron chi connectivity index (χ4n) is 1.86. The lowest BCUT2D eigenvalue weighted by molar-refractivity contribution is -0.0109. The van der Waals surface area contributed by atoms with Gasteiger partial charge in [0.05, 0.1) is 29.2 Å². The molecule has 1 unspecified atom stereocenters. The summed E-state index contributed by atoms with van der Waals surface area (Å²) in [5, 5.41) is 0.119. The van der Waals surface area contributed by atoms with E-state index in [1.54, 1.807) is 0 Å². The zero-order chi connectivity index (χ0) is 13.1. The zero-order valence-corrected chi connectivity index (χ0v) is 11.0. The molecule has 1 fully saturated rings. The second-order valence-corrected chi connectivity index (χ2v) is 4.71. The number of carbonyl (C=O) groups is 1. The first-order valence-corrected chi connectivity index (χ1v) is 6.45. The van der Waals surface area contributed by atoms with Crippen LogP contribution >= 0.6 is 23.2 Å². The van der Waals surface area contributed by atoms with Crippen molar-refractivity contribution < 1.29 is 13.9 Å². The van der Waals surface area contributed by atoms with E-state index in [1.165, 1.54) is 23.1 Å². The van der Waals surface area contributed by atoms with Crippen molar-refractivity contribution in [2.45, 2.75) is 6.10 Å². The van der Waals surface area contributed by atoms with E-state index in [0.717, 1.165) is 0 Å². The smallest absolute Gasteiger partial charge is 0.258 e. The van der Waals surface area contributed by atoms with Gasteiger partial charge < -0.3 is 9.64 Å². The molecule has 0 saturated carbocycles. The zero-order valence-electron chi connectivity index (χ0n) is 9.54. The molecule has 3 nitrogen and oxygen atoms in total. The summed E-state index contributed by atoms with van der Waals surface area (Å²) in [7, 11) is 0. The highest BCUT2D eigenvalue weighted by Gasteiger charge is 2.27. The molecule has 1 aliphatic rings. The molecule has 0 N–H and O–H groups in total. The Hall–Kier alpha value is -0.840. The fraction of sp³-hybridized carbons (Fsp3) is 0.417. The quantitative estimate of drug-likeness (QED) is 0.784. The number of ether oxygens (including phenoxy) is 1. The third-order valence-electron chi connectivity index (χ3n) is 2.77. The van der Waals surface area contributed by atoms with Crippen molar-refractivity contribution in [1.29, 1.82) is 0 Å². The van der Waals surface area contributed by atoms with E-state index in [1.807, 2.05) is 0 Å². The van der Waals surface area contributed by atoms with Gasteiger partial charge in [0.15, 0.2) is 0 Å². The molecule has 0 spiro atoms. The van der Waals surface area contributed by atoms with Crippen LogP contribution in [0.4, 0.5) is 4.39 Å². The molecule has 18 heavy (non-hydrogen) atoms.